The standard InChI is InChI=1S/C25H21ClO5/c1-4-22(27)21-13-14-23(30-15-17-5-9-19(28-2)10-6-17)25(24(21)26)31-16-18-7-11-20(29-3)12-8-18/h1,5-14H,15-16H2,2-3H3. The Labute approximate surface area is 186 Å². The number of carbonyl (C=O) groups excluding carboxylic acids is 1. The molecule has 0 heterocycles. The molecule has 0 spiro atoms. The zero-order chi connectivity index (χ0) is 22.2. The van der Waals surface area contributed by atoms with Crippen LogP contribution in [0.5, 0.6) is 23.0 Å². The van der Waals surface area contributed by atoms with Crippen molar-refractivity contribution in [3.63, 3.8) is 0 Å². The first-order valence-corrected chi connectivity index (χ1v) is 9.78. The van der Waals surface area contributed by atoms with E-state index in [4.69, 9.17) is 37.0 Å². The third-order valence-electron chi connectivity index (χ3n) is 4.53. The summed E-state index contributed by atoms with van der Waals surface area (Å²) in [7, 11) is 3.21. The van der Waals surface area contributed by atoms with Gasteiger partial charge >= 0.3 is 0 Å². The van der Waals surface area contributed by atoms with Crippen molar-refractivity contribution >= 4 is 17.4 Å². The maximum absolute atomic E-state index is 12.0. The number of benzene rings is 3. The van der Waals surface area contributed by atoms with Gasteiger partial charge in [-0.15, -0.1) is 6.42 Å². The van der Waals surface area contributed by atoms with E-state index in [1.54, 1.807) is 20.3 Å². The van der Waals surface area contributed by atoms with E-state index in [2.05, 4.69) is 5.92 Å². The summed E-state index contributed by atoms with van der Waals surface area (Å²) in [6, 6.07) is 18.1. The summed E-state index contributed by atoms with van der Waals surface area (Å²) in [6.45, 7) is 0.498. The zero-order valence-corrected chi connectivity index (χ0v) is 17.9. The molecule has 0 saturated carbocycles. The van der Waals surface area contributed by atoms with Crippen LogP contribution in [0.15, 0.2) is 60.7 Å². The van der Waals surface area contributed by atoms with Gasteiger partial charge in [-0.1, -0.05) is 35.9 Å². The van der Waals surface area contributed by atoms with Gasteiger partial charge in [0.05, 0.1) is 24.8 Å². The predicted octanol–water partition coefficient (Wildman–Crippen LogP) is 5.33. The Morgan fingerprint density at radius 1 is 0.839 bits per heavy atom. The number of methoxy groups -OCH3 is 2. The van der Waals surface area contributed by atoms with Crippen molar-refractivity contribution in [2.75, 3.05) is 14.2 Å². The summed E-state index contributed by atoms with van der Waals surface area (Å²) in [5.41, 5.74) is 2.01. The van der Waals surface area contributed by atoms with E-state index < -0.39 is 5.78 Å². The Morgan fingerprint density at radius 2 is 1.35 bits per heavy atom. The van der Waals surface area contributed by atoms with E-state index in [-0.39, 0.29) is 29.5 Å². The average molecular weight is 437 g/mol. The van der Waals surface area contributed by atoms with Crippen LogP contribution >= 0.6 is 11.6 Å². The predicted molar refractivity (Wildman–Crippen MR) is 119 cm³/mol. The highest BCUT2D eigenvalue weighted by molar-refractivity contribution is 6.36. The third kappa shape index (κ3) is 5.50. The molecule has 0 fully saturated rings. The van der Waals surface area contributed by atoms with Crippen molar-refractivity contribution < 1.29 is 23.7 Å². The smallest absolute Gasteiger partial charge is 0.237 e. The van der Waals surface area contributed by atoms with E-state index in [0.29, 0.717) is 5.75 Å². The van der Waals surface area contributed by atoms with Crippen LogP contribution in [0.3, 0.4) is 0 Å². The first-order valence-electron chi connectivity index (χ1n) is 9.40. The molecule has 3 aromatic rings. The molecule has 0 saturated heterocycles. The van der Waals surface area contributed by atoms with Gasteiger partial charge in [-0.2, -0.15) is 0 Å². The lowest BCUT2D eigenvalue weighted by molar-refractivity contribution is 0.105. The van der Waals surface area contributed by atoms with E-state index in [1.807, 2.05) is 48.5 Å². The number of ether oxygens (including phenoxy) is 4. The lowest BCUT2D eigenvalue weighted by atomic mass is 10.1. The van der Waals surface area contributed by atoms with E-state index in [0.717, 1.165) is 22.6 Å². The van der Waals surface area contributed by atoms with Gasteiger partial charge in [0.25, 0.3) is 0 Å². The average Bonchev–Trinajstić information content (AvgIpc) is 2.82. The maximum atomic E-state index is 12.0. The Balaban J connectivity index is 1.83. The number of hydrogen-bond acceptors (Lipinski definition) is 5. The Hall–Kier alpha value is -3.62. The molecule has 0 aliphatic heterocycles. The van der Waals surface area contributed by atoms with Crippen molar-refractivity contribution in [2.45, 2.75) is 13.2 Å². The summed E-state index contributed by atoms with van der Waals surface area (Å²) in [6.07, 6.45) is 5.26. The summed E-state index contributed by atoms with van der Waals surface area (Å²) < 4.78 is 22.2. The van der Waals surface area contributed by atoms with Gasteiger partial charge in [0.2, 0.25) is 5.78 Å². The first-order chi connectivity index (χ1) is 15.0. The number of ketones is 1. The largest absolute Gasteiger partial charge is 0.497 e. The van der Waals surface area contributed by atoms with E-state index in [9.17, 15) is 4.79 Å². The summed E-state index contributed by atoms with van der Waals surface area (Å²) in [5, 5.41) is 0.115. The first kappa shape index (κ1) is 22.1. The van der Waals surface area contributed by atoms with Crippen molar-refractivity contribution in [3.8, 4) is 35.3 Å². The van der Waals surface area contributed by atoms with Gasteiger partial charge in [-0.05, 0) is 53.4 Å². The fourth-order valence-corrected chi connectivity index (χ4v) is 3.10. The second kappa shape index (κ2) is 10.4. The van der Waals surface area contributed by atoms with Gasteiger partial charge in [0.1, 0.15) is 24.7 Å². The second-order valence-corrected chi connectivity index (χ2v) is 6.88. The normalized spacial score (nSPS) is 10.1. The monoisotopic (exact) mass is 436 g/mol. The fraction of sp³-hybridized carbons (Fsp3) is 0.160. The maximum Gasteiger partial charge on any atom is 0.237 e. The molecule has 5 nitrogen and oxygen atoms in total. The van der Waals surface area contributed by atoms with E-state index in [1.165, 1.54) is 6.07 Å². The number of carbonyl (C=O) groups is 1. The van der Waals surface area contributed by atoms with E-state index >= 15 is 0 Å². The van der Waals surface area contributed by atoms with Crippen molar-refractivity contribution in [1.82, 2.24) is 0 Å². The molecule has 0 bridgehead atoms. The number of Topliss-reactive ketones (excluding diaryl/α,β-unsaturated/α-hetero) is 1. The van der Waals surface area contributed by atoms with Crippen LogP contribution in [0.4, 0.5) is 0 Å². The number of rotatable bonds is 9. The highest BCUT2D eigenvalue weighted by Gasteiger charge is 2.18. The second-order valence-electron chi connectivity index (χ2n) is 6.50. The van der Waals surface area contributed by atoms with Gasteiger partial charge in [-0.25, -0.2) is 0 Å². The molecular weight excluding hydrogens is 416 g/mol. The lowest BCUT2D eigenvalue weighted by Crippen LogP contribution is -2.04. The Morgan fingerprint density at radius 3 is 1.84 bits per heavy atom. The van der Waals surface area contributed by atoms with Crippen LogP contribution < -0.4 is 18.9 Å². The molecule has 0 radical (unpaired) electrons. The van der Waals surface area contributed by atoms with Crippen LogP contribution in [0.2, 0.25) is 5.02 Å². The van der Waals surface area contributed by atoms with Crippen LogP contribution in [0, 0.1) is 12.3 Å². The summed E-state index contributed by atoms with van der Waals surface area (Å²) in [4.78, 5) is 12.0. The molecule has 0 aliphatic carbocycles. The zero-order valence-electron chi connectivity index (χ0n) is 17.2. The molecule has 3 aromatic carbocycles. The molecule has 0 N–H and O–H groups in total. The van der Waals surface area contributed by atoms with Crippen molar-refractivity contribution in [3.05, 3.63) is 82.4 Å². The number of hydrogen-bond donors (Lipinski definition) is 0. The van der Waals surface area contributed by atoms with Gasteiger partial charge in [0, 0.05) is 0 Å². The van der Waals surface area contributed by atoms with Crippen molar-refractivity contribution in [1.29, 1.82) is 0 Å². The van der Waals surface area contributed by atoms with Gasteiger partial charge < -0.3 is 18.9 Å². The Kier molecular flexibility index (Phi) is 7.42. The molecule has 31 heavy (non-hydrogen) atoms. The molecule has 6 heteroatoms. The summed E-state index contributed by atoms with van der Waals surface area (Å²) in [5.74, 6) is 3.71. The van der Waals surface area contributed by atoms with Crippen LogP contribution in [0.25, 0.3) is 0 Å². The molecule has 0 aliphatic rings. The Bertz CT molecular complexity index is 1080. The minimum atomic E-state index is -0.527. The van der Waals surface area contributed by atoms with Crippen LogP contribution in [0.1, 0.15) is 21.5 Å². The minimum absolute atomic E-state index is 0.115. The molecule has 0 unspecified atom stereocenters. The molecular formula is C25H21ClO5. The highest BCUT2D eigenvalue weighted by atomic mass is 35.5. The molecule has 0 amide bonds. The van der Waals surface area contributed by atoms with Gasteiger partial charge in [-0.3, -0.25) is 4.79 Å². The molecule has 158 valence electrons. The van der Waals surface area contributed by atoms with Crippen LogP contribution in [-0.4, -0.2) is 20.0 Å². The van der Waals surface area contributed by atoms with Gasteiger partial charge in [0.15, 0.2) is 11.5 Å². The number of terminal acetylenes is 1. The summed E-state index contributed by atoms with van der Waals surface area (Å²) >= 11 is 6.46. The topological polar surface area (TPSA) is 54.0 Å². The van der Waals surface area contributed by atoms with Crippen molar-refractivity contribution in [2.24, 2.45) is 0 Å². The lowest BCUT2D eigenvalue weighted by Gasteiger charge is -2.16. The minimum Gasteiger partial charge on any atom is -0.497 e. The third-order valence-corrected chi connectivity index (χ3v) is 4.91. The quantitative estimate of drug-likeness (QED) is 0.258. The molecule has 0 atom stereocenters. The fourth-order valence-electron chi connectivity index (χ4n) is 2.80. The molecule has 0 aromatic heterocycles. The van der Waals surface area contributed by atoms with Crippen LogP contribution in [-0.2, 0) is 13.2 Å². The molecule has 3 rings (SSSR count). The number of halogens is 1. The SMILES string of the molecule is C#CC(=O)c1ccc(OCc2ccc(OC)cc2)c(OCc2ccc(OC)cc2)c1Cl. The highest BCUT2D eigenvalue weighted by Crippen LogP contribution is 2.39.